The molecule has 8 nitrogen and oxygen atoms in total. The van der Waals surface area contributed by atoms with Crippen molar-refractivity contribution in [3.8, 4) is 11.5 Å². The predicted octanol–water partition coefficient (Wildman–Crippen LogP) is 5.16. The minimum atomic E-state index is -4.70. The van der Waals surface area contributed by atoms with Gasteiger partial charge < -0.3 is 20.2 Å². The van der Waals surface area contributed by atoms with E-state index < -0.39 is 18.0 Å². The largest absolute Gasteiger partial charge is 0.481 e. The molecular weight excluding hydrogens is 465 g/mol. The molecule has 3 rings (SSSR count). The highest BCUT2D eigenvalue weighted by atomic mass is 19.4. The summed E-state index contributed by atoms with van der Waals surface area (Å²) in [5.74, 6) is -2.61. The molecule has 0 aliphatic rings. The van der Waals surface area contributed by atoms with E-state index in [0.29, 0.717) is 17.0 Å². The summed E-state index contributed by atoms with van der Waals surface area (Å²) >= 11 is 0. The average molecular weight is 490 g/mol. The van der Waals surface area contributed by atoms with Gasteiger partial charge in [0.15, 0.2) is 0 Å². The van der Waals surface area contributed by atoms with Crippen LogP contribution >= 0.6 is 0 Å². The van der Waals surface area contributed by atoms with Gasteiger partial charge in [0.05, 0.1) is 12.5 Å². The van der Waals surface area contributed by atoms with E-state index >= 15 is 0 Å². The fourth-order valence-electron chi connectivity index (χ4n) is 3.37. The SMILES string of the molecule is CC(C)CC(Nc1ccc(C(=O)NCCC(=O)O)cc1)c1ccc(-c2nnc(C(F)(F)F)o2)cc1. The van der Waals surface area contributed by atoms with Gasteiger partial charge in [0.1, 0.15) is 0 Å². The number of nitrogens with zero attached hydrogens (tertiary/aromatic N) is 2. The Bertz CT molecular complexity index is 1140. The lowest BCUT2D eigenvalue weighted by Gasteiger charge is -2.22. The van der Waals surface area contributed by atoms with Gasteiger partial charge in [-0.25, -0.2) is 0 Å². The van der Waals surface area contributed by atoms with Gasteiger partial charge in [-0.1, -0.05) is 26.0 Å². The van der Waals surface area contributed by atoms with Gasteiger partial charge in [-0.3, -0.25) is 9.59 Å². The van der Waals surface area contributed by atoms with Crippen LogP contribution in [0, 0.1) is 5.92 Å². The summed E-state index contributed by atoms with van der Waals surface area (Å²) in [7, 11) is 0. The van der Waals surface area contributed by atoms with Gasteiger partial charge in [-0.2, -0.15) is 13.2 Å². The van der Waals surface area contributed by atoms with Crippen LogP contribution in [0.3, 0.4) is 0 Å². The smallest absolute Gasteiger partial charge is 0.470 e. The zero-order valence-electron chi connectivity index (χ0n) is 19.1. The van der Waals surface area contributed by atoms with E-state index in [4.69, 9.17) is 9.52 Å². The van der Waals surface area contributed by atoms with Gasteiger partial charge in [-0.05, 0) is 54.3 Å². The van der Waals surface area contributed by atoms with Crippen LogP contribution in [0.15, 0.2) is 52.9 Å². The molecule has 186 valence electrons. The normalized spacial score (nSPS) is 12.4. The van der Waals surface area contributed by atoms with Gasteiger partial charge in [0, 0.05) is 23.4 Å². The van der Waals surface area contributed by atoms with E-state index in [1.165, 1.54) is 0 Å². The number of amides is 1. The number of benzene rings is 2. The van der Waals surface area contributed by atoms with Crippen molar-refractivity contribution in [3.63, 3.8) is 0 Å². The van der Waals surface area contributed by atoms with Crippen molar-refractivity contribution in [2.75, 3.05) is 11.9 Å². The zero-order valence-corrected chi connectivity index (χ0v) is 19.1. The molecule has 1 unspecified atom stereocenters. The average Bonchev–Trinajstić information content (AvgIpc) is 3.30. The lowest BCUT2D eigenvalue weighted by Crippen LogP contribution is -2.25. The van der Waals surface area contributed by atoms with Crippen molar-refractivity contribution in [1.29, 1.82) is 0 Å². The summed E-state index contributed by atoms with van der Waals surface area (Å²) in [5.41, 5.74) is 2.46. The Hall–Kier alpha value is -3.89. The topological polar surface area (TPSA) is 117 Å². The number of carboxylic acids is 1. The minimum absolute atomic E-state index is 0.0434. The van der Waals surface area contributed by atoms with Crippen molar-refractivity contribution < 1.29 is 32.3 Å². The van der Waals surface area contributed by atoms with Crippen LogP contribution in [0.2, 0.25) is 0 Å². The Morgan fingerprint density at radius 3 is 2.23 bits per heavy atom. The summed E-state index contributed by atoms with van der Waals surface area (Å²) in [6, 6.07) is 13.5. The standard InChI is InChI=1S/C24H25F3N4O4/c1-14(2)13-19(29-18-9-7-16(8-10-18)21(34)28-12-11-20(32)33)15-3-5-17(6-4-15)22-30-31-23(35-22)24(25,26)27/h3-10,14,19,29H,11-13H2,1-2H3,(H,28,34)(H,32,33). The molecule has 0 bridgehead atoms. The number of carbonyl (C=O) groups excluding carboxylic acids is 1. The van der Waals surface area contributed by atoms with Crippen molar-refractivity contribution in [2.24, 2.45) is 5.92 Å². The number of hydrogen-bond donors (Lipinski definition) is 3. The second-order valence-corrected chi connectivity index (χ2v) is 8.34. The van der Waals surface area contributed by atoms with E-state index in [9.17, 15) is 22.8 Å². The molecule has 35 heavy (non-hydrogen) atoms. The molecule has 1 heterocycles. The maximum absolute atomic E-state index is 12.7. The predicted molar refractivity (Wildman–Crippen MR) is 122 cm³/mol. The first-order chi connectivity index (χ1) is 16.5. The Kier molecular flexibility index (Phi) is 8.10. The number of nitrogens with one attached hydrogen (secondary N) is 2. The molecule has 0 fully saturated rings. The van der Waals surface area contributed by atoms with Gasteiger partial charge >= 0.3 is 18.0 Å². The number of rotatable bonds is 10. The third-order valence-corrected chi connectivity index (χ3v) is 5.05. The first kappa shape index (κ1) is 25.7. The summed E-state index contributed by atoms with van der Waals surface area (Å²) in [5, 5.41) is 21.2. The van der Waals surface area contributed by atoms with E-state index in [0.717, 1.165) is 17.7 Å². The molecule has 3 N–H and O–H groups in total. The van der Waals surface area contributed by atoms with Gasteiger partial charge in [-0.15, -0.1) is 10.2 Å². The van der Waals surface area contributed by atoms with E-state index in [-0.39, 0.29) is 30.8 Å². The number of aliphatic carboxylic acids is 1. The van der Waals surface area contributed by atoms with E-state index in [1.54, 1.807) is 48.5 Å². The molecule has 1 amide bonds. The maximum Gasteiger partial charge on any atom is 0.470 e. The van der Waals surface area contributed by atoms with Crippen LogP contribution in [0.1, 0.15) is 54.5 Å². The van der Waals surface area contributed by atoms with Crippen LogP contribution in [0.4, 0.5) is 18.9 Å². The molecule has 0 radical (unpaired) electrons. The third-order valence-electron chi connectivity index (χ3n) is 5.05. The van der Waals surface area contributed by atoms with E-state index in [2.05, 4.69) is 34.7 Å². The van der Waals surface area contributed by atoms with Crippen molar-refractivity contribution in [3.05, 3.63) is 65.5 Å². The highest BCUT2D eigenvalue weighted by molar-refractivity contribution is 5.94. The fraction of sp³-hybridized carbons (Fsp3) is 0.333. The van der Waals surface area contributed by atoms with Gasteiger partial charge in [0.2, 0.25) is 5.89 Å². The molecule has 0 saturated heterocycles. The molecule has 0 aliphatic heterocycles. The maximum atomic E-state index is 12.7. The highest BCUT2D eigenvalue weighted by Crippen LogP contribution is 2.32. The first-order valence-corrected chi connectivity index (χ1v) is 10.9. The Balaban J connectivity index is 1.70. The van der Waals surface area contributed by atoms with Crippen molar-refractivity contribution in [1.82, 2.24) is 15.5 Å². The molecular formula is C24H25F3N4O4. The molecule has 3 aromatic rings. The second kappa shape index (κ2) is 11.0. The molecule has 2 aromatic carbocycles. The lowest BCUT2D eigenvalue weighted by molar-refractivity contribution is -0.157. The number of carboxylic acid groups (broad SMARTS) is 1. The van der Waals surface area contributed by atoms with Crippen molar-refractivity contribution >= 4 is 17.6 Å². The Morgan fingerprint density at radius 1 is 1.03 bits per heavy atom. The number of carbonyl (C=O) groups is 2. The molecule has 11 heteroatoms. The molecule has 0 spiro atoms. The molecule has 0 aliphatic carbocycles. The van der Waals surface area contributed by atoms with Crippen LogP contribution in [0.5, 0.6) is 0 Å². The van der Waals surface area contributed by atoms with Crippen molar-refractivity contribution in [2.45, 2.75) is 38.9 Å². The number of alkyl halides is 3. The van der Waals surface area contributed by atoms with Crippen LogP contribution in [-0.2, 0) is 11.0 Å². The second-order valence-electron chi connectivity index (χ2n) is 8.34. The fourth-order valence-corrected chi connectivity index (χ4v) is 3.37. The Morgan fingerprint density at radius 2 is 1.69 bits per heavy atom. The zero-order chi connectivity index (χ0) is 25.6. The third kappa shape index (κ3) is 7.29. The summed E-state index contributed by atoms with van der Waals surface area (Å²) < 4.78 is 42.9. The number of hydrogen-bond acceptors (Lipinski definition) is 6. The number of anilines is 1. The minimum Gasteiger partial charge on any atom is -0.481 e. The molecule has 0 saturated carbocycles. The summed E-state index contributed by atoms with van der Waals surface area (Å²) in [6.45, 7) is 4.19. The highest BCUT2D eigenvalue weighted by Gasteiger charge is 2.38. The molecule has 1 atom stereocenters. The van der Waals surface area contributed by atoms with Crippen LogP contribution in [0.25, 0.3) is 11.5 Å². The van der Waals surface area contributed by atoms with Gasteiger partial charge in [0.25, 0.3) is 5.91 Å². The summed E-state index contributed by atoms with van der Waals surface area (Å²) in [4.78, 5) is 22.7. The number of aromatic nitrogens is 2. The quantitative estimate of drug-likeness (QED) is 0.359. The summed E-state index contributed by atoms with van der Waals surface area (Å²) in [6.07, 6.45) is -4.08. The Labute approximate surface area is 199 Å². The van der Waals surface area contributed by atoms with Crippen LogP contribution in [-0.4, -0.2) is 33.7 Å². The molecule has 1 aromatic heterocycles. The lowest BCUT2D eigenvalue weighted by atomic mass is 9.96. The first-order valence-electron chi connectivity index (χ1n) is 10.9. The monoisotopic (exact) mass is 490 g/mol. The van der Waals surface area contributed by atoms with Crippen LogP contribution < -0.4 is 10.6 Å². The van der Waals surface area contributed by atoms with E-state index in [1.807, 2.05) is 0 Å². The number of halogens is 3.